The average molecular weight is 409 g/mol. The number of nitrogens with zero attached hydrogens (tertiary/aromatic N) is 4. The number of carbonyl (C=O) groups excluding carboxylic acids is 1. The van der Waals surface area contributed by atoms with Gasteiger partial charge in [-0.3, -0.25) is 4.79 Å². The molecule has 0 saturated heterocycles. The minimum absolute atomic E-state index is 0.349. The van der Waals surface area contributed by atoms with Crippen LogP contribution in [0.1, 0.15) is 15.9 Å². The Morgan fingerprint density at radius 2 is 1.60 bits per heavy atom. The van der Waals surface area contributed by atoms with Crippen molar-refractivity contribution in [2.75, 3.05) is 5.32 Å². The number of carbonyl (C=O) groups is 1. The first kappa shape index (κ1) is 19.3. The van der Waals surface area contributed by atoms with Gasteiger partial charge in [0.05, 0.1) is 11.3 Å². The van der Waals surface area contributed by atoms with Crippen LogP contribution < -0.4 is 5.32 Å². The van der Waals surface area contributed by atoms with E-state index < -0.39 is 11.7 Å². The topological polar surface area (TPSA) is 72.7 Å². The zero-order chi connectivity index (χ0) is 21.1. The molecule has 0 bridgehead atoms. The molecular weight excluding hydrogens is 395 g/mol. The normalized spacial score (nSPS) is 11.3. The summed E-state index contributed by atoms with van der Waals surface area (Å²) in [6.07, 6.45) is -2.96. The third kappa shape index (κ3) is 4.04. The second kappa shape index (κ2) is 7.78. The predicted molar refractivity (Wildman–Crippen MR) is 104 cm³/mol. The maximum absolute atomic E-state index is 12.8. The van der Waals surface area contributed by atoms with Crippen molar-refractivity contribution in [2.45, 2.75) is 6.18 Å². The fourth-order valence-electron chi connectivity index (χ4n) is 2.95. The van der Waals surface area contributed by atoms with Gasteiger partial charge in [0, 0.05) is 11.3 Å². The fraction of sp³-hybridized carbons (Fsp3) is 0.0476. The van der Waals surface area contributed by atoms with Crippen molar-refractivity contribution in [1.82, 2.24) is 20.2 Å². The number of hydrogen-bond acceptors (Lipinski definition) is 4. The molecule has 0 atom stereocenters. The van der Waals surface area contributed by atoms with Crippen LogP contribution in [0.4, 0.5) is 18.9 Å². The highest BCUT2D eigenvalue weighted by atomic mass is 19.4. The van der Waals surface area contributed by atoms with E-state index in [0.717, 1.165) is 17.8 Å². The first-order chi connectivity index (χ1) is 14.4. The van der Waals surface area contributed by atoms with Gasteiger partial charge < -0.3 is 5.32 Å². The van der Waals surface area contributed by atoms with E-state index in [1.54, 1.807) is 48.5 Å². The number of nitrogens with one attached hydrogen (secondary N) is 1. The minimum Gasteiger partial charge on any atom is -0.322 e. The van der Waals surface area contributed by atoms with Crippen LogP contribution in [0.15, 0.2) is 79.1 Å². The Hall–Kier alpha value is -4.01. The number of rotatable bonds is 4. The van der Waals surface area contributed by atoms with E-state index in [4.69, 9.17) is 0 Å². The summed E-state index contributed by atoms with van der Waals surface area (Å²) in [5.41, 5.74) is 1.94. The van der Waals surface area contributed by atoms with Gasteiger partial charge in [-0.1, -0.05) is 30.3 Å². The minimum atomic E-state index is -4.41. The summed E-state index contributed by atoms with van der Waals surface area (Å²) in [5, 5.41) is 13.7. The second-order valence-corrected chi connectivity index (χ2v) is 6.38. The molecule has 0 aliphatic heterocycles. The number of benzene rings is 3. The molecule has 4 rings (SSSR count). The highest BCUT2D eigenvalue weighted by molar-refractivity contribution is 6.08. The molecule has 0 unspecified atom stereocenters. The maximum atomic E-state index is 12.8. The molecule has 150 valence electrons. The summed E-state index contributed by atoms with van der Waals surface area (Å²) >= 11 is 0. The van der Waals surface area contributed by atoms with Crippen molar-refractivity contribution in [3.05, 3.63) is 90.3 Å². The lowest BCUT2D eigenvalue weighted by Gasteiger charge is -2.12. The first-order valence-corrected chi connectivity index (χ1v) is 8.83. The Bertz CT molecular complexity index is 1150. The van der Waals surface area contributed by atoms with Gasteiger partial charge in [-0.25, -0.2) is 4.68 Å². The molecule has 1 N–H and O–H groups in total. The highest BCUT2D eigenvalue weighted by Gasteiger charge is 2.30. The molecular formula is C21H14F3N5O. The number of halogens is 3. The highest BCUT2D eigenvalue weighted by Crippen LogP contribution is 2.32. The number of hydrogen-bond donors (Lipinski definition) is 1. The molecule has 0 aliphatic carbocycles. The summed E-state index contributed by atoms with van der Waals surface area (Å²) in [5.74, 6) is -0.374. The third-order valence-corrected chi connectivity index (χ3v) is 4.43. The van der Waals surface area contributed by atoms with Crippen LogP contribution in [0.3, 0.4) is 0 Å². The molecule has 0 fully saturated rings. The van der Waals surface area contributed by atoms with Crippen LogP contribution in [0.5, 0.6) is 0 Å². The smallest absolute Gasteiger partial charge is 0.322 e. The second-order valence-electron chi connectivity index (χ2n) is 6.38. The van der Waals surface area contributed by atoms with Crippen molar-refractivity contribution in [2.24, 2.45) is 0 Å². The Morgan fingerprint density at radius 3 is 2.23 bits per heavy atom. The van der Waals surface area contributed by atoms with Gasteiger partial charge in [0.15, 0.2) is 0 Å². The van der Waals surface area contributed by atoms with Crippen LogP contribution in [0, 0.1) is 0 Å². The Labute approximate surface area is 169 Å². The van der Waals surface area contributed by atoms with Crippen LogP contribution in [-0.2, 0) is 6.18 Å². The molecule has 0 aliphatic rings. The van der Waals surface area contributed by atoms with Gasteiger partial charge in [0.1, 0.15) is 6.33 Å². The van der Waals surface area contributed by atoms with Crippen molar-refractivity contribution in [3.63, 3.8) is 0 Å². The lowest BCUT2D eigenvalue weighted by Crippen LogP contribution is -2.13. The van der Waals surface area contributed by atoms with E-state index in [2.05, 4.69) is 20.8 Å². The number of aromatic nitrogens is 4. The zero-order valence-electron chi connectivity index (χ0n) is 15.3. The van der Waals surface area contributed by atoms with E-state index in [1.165, 1.54) is 23.1 Å². The quantitative estimate of drug-likeness (QED) is 0.535. The van der Waals surface area contributed by atoms with Crippen LogP contribution >= 0.6 is 0 Å². The summed E-state index contributed by atoms with van der Waals surface area (Å²) in [6.45, 7) is 0. The molecule has 6 nitrogen and oxygen atoms in total. The standard InChI is InChI=1S/C21H14F3N5O/c22-21(23,24)15-7-5-14(6-8-15)18-3-1-2-4-19(18)20(30)26-16-9-11-17(12-10-16)29-13-25-27-28-29/h1-13H,(H,26,30). The SMILES string of the molecule is O=C(Nc1ccc(-n2cnnn2)cc1)c1ccccc1-c1ccc(C(F)(F)F)cc1. The predicted octanol–water partition coefficient (Wildman–Crippen LogP) is 4.60. The van der Waals surface area contributed by atoms with Crippen molar-refractivity contribution < 1.29 is 18.0 Å². The lowest BCUT2D eigenvalue weighted by molar-refractivity contribution is -0.137. The van der Waals surface area contributed by atoms with Gasteiger partial charge >= 0.3 is 6.18 Å². The molecule has 1 heterocycles. The number of tetrazole rings is 1. The van der Waals surface area contributed by atoms with Crippen molar-refractivity contribution >= 4 is 11.6 Å². The van der Waals surface area contributed by atoms with E-state index in [0.29, 0.717) is 22.4 Å². The molecule has 1 aromatic heterocycles. The third-order valence-electron chi connectivity index (χ3n) is 4.43. The average Bonchev–Trinajstić information content (AvgIpc) is 3.29. The number of anilines is 1. The Morgan fingerprint density at radius 1 is 0.900 bits per heavy atom. The molecule has 0 radical (unpaired) electrons. The van der Waals surface area contributed by atoms with E-state index in [9.17, 15) is 18.0 Å². The van der Waals surface area contributed by atoms with Gasteiger partial charge in [-0.05, 0) is 64.0 Å². The van der Waals surface area contributed by atoms with E-state index in [1.807, 2.05) is 0 Å². The van der Waals surface area contributed by atoms with Crippen LogP contribution in [0.25, 0.3) is 16.8 Å². The molecule has 9 heteroatoms. The van der Waals surface area contributed by atoms with Gasteiger partial charge in [0.25, 0.3) is 5.91 Å². The van der Waals surface area contributed by atoms with E-state index >= 15 is 0 Å². The van der Waals surface area contributed by atoms with Gasteiger partial charge in [0.2, 0.25) is 0 Å². The fourth-order valence-corrected chi connectivity index (χ4v) is 2.95. The number of alkyl halides is 3. The molecule has 3 aromatic carbocycles. The van der Waals surface area contributed by atoms with E-state index in [-0.39, 0.29) is 5.91 Å². The Kier molecular flexibility index (Phi) is 5.01. The van der Waals surface area contributed by atoms with Crippen molar-refractivity contribution in [1.29, 1.82) is 0 Å². The van der Waals surface area contributed by atoms with Crippen molar-refractivity contribution in [3.8, 4) is 16.8 Å². The van der Waals surface area contributed by atoms with Crippen LogP contribution in [-0.4, -0.2) is 26.1 Å². The monoisotopic (exact) mass is 409 g/mol. The first-order valence-electron chi connectivity index (χ1n) is 8.83. The molecule has 30 heavy (non-hydrogen) atoms. The zero-order valence-corrected chi connectivity index (χ0v) is 15.3. The molecule has 0 spiro atoms. The van der Waals surface area contributed by atoms with Gasteiger partial charge in [-0.15, -0.1) is 5.10 Å². The molecule has 1 amide bonds. The van der Waals surface area contributed by atoms with Crippen LogP contribution in [0.2, 0.25) is 0 Å². The molecule has 0 saturated carbocycles. The summed E-state index contributed by atoms with van der Waals surface area (Å²) in [4.78, 5) is 12.8. The number of amides is 1. The summed E-state index contributed by atoms with van der Waals surface area (Å²) in [7, 11) is 0. The summed E-state index contributed by atoms with van der Waals surface area (Å²) in [6, 6.07) is 18.4. The lowest BCUT2D eigenvalue weighted by atomic mass is 9.98. The summed E-state index contributed by atoms with van der Waals surface area (Å²) < 4.78 is 39.9. The van der Waals surface area contributed by atoms with Gasteiger partial charge in [-0.2, -0.15) is 13.2 Å². The molecule has 4 aromatic rings. The Balaban J connectivity index is 1.57. The maximum Gasteiger partial charge on any atom is 0.416 e. The largest absolute Gasteiger partial charge is 0.416 e.